The maximum atomic E-state index is 11.9. The highest BCUT2D eigenvalue weighted by Gasteiger charge is 2.22. The van der Waals surface area contributed by atoms with Crippen molar-refractivity contribution >= 4 is 21.6 Å². The van der Waals surface area contributed by atoms with Crippen LogP contribution in [0.3, 0.4) is 0 Å². The fourth-order valence-electron chi connectivity index (χ4n) is 2.08. The molecule has 0 aliphatic heterocycles. The second-order valence-electron chi connectivity index (χ2n) is 5.57. The Bertz CT molecular complexity index is 500. The Morgan fingerprint density at radius 3 is 2.75 bits per heavy atom. The van der Waals surface area contributed by atoms with Crippen LogP contribution in [-0.4, -0.2) is 38.7 Å². The number of aliphatic hydroxyl groups excluding tert-OH is 1. The third-order valence-electron chi connectivity index (χ3n) is 2.80. The molecule has 6 nitrogen and oxygen atoms in total. The molecule has 1 atom stereocenters. The molecule has 0 aliphatic rings. The van der Waals surface area contributed by atoms with Crippen molar-refractivity contribution in [3.05, 3.63) is 21.0 Å². The molecular weight excluding hydrogens is 326 g/mol. The van der Waals surface area contributed by atoms with E-state index in [-0.39, 0.29) is 18.7 Å². The van der Waals surface area contributed by atoms with Gasteiger partial charge in [0, 0.05) is 6.54 Å². The average molecular weight is 348 g/mol. The van der Waals surface area contributed by atoms with Crippen LogP contribution in [-0.2, 0) is 6.54 Å². The Morgan fingerprint density at radius 2 is 2.20 bits per heavy atom. The average Bonchev–Trinajstić information content (AvgIpc) is 2.33. The number of aliphatic hydroxyl groups is 2. The lowest BCUT2D eigenvalue weighted by Crippen LogP contribution is -2.35. The Kier molecular flexibility index (Phi) is 6.16. The summed E-state index contributed by atoms with van der Waals surface area (Å²) < 4.78 is 1.53. The lowest BCUT2D eigenvalue weighted by Gasteiger charge is -2.26. The number of nitrogens with one attached hydrogen (secondary N) is 1. The van der Waals surface area contributed by atoms with Crippen LogP contribution in [0.15, 0.2) is 15.5 Å². The zero-order valence-corrected chi connectivity index (χ0v) is 13.6. The van der Waals surface area contributed by atoms with Gasteiger partial charge in [0.1, 0.15) is 4.47 Å². The second-order valence-corrected chi connectivity index (χ2v) is 6.37. The molecule has 1 heterocycles. The normalized spacial score (nSPS) is 14.3. The molecule has 0 spiro atoms. The van der Waals surface area contributed by atoms with Gasteiger partial charge in [0.05, 0.1) is 30.6 Å². The molecule has 0 amide bonds. The zero-order chi connectivity index (χ0) is 15.3. The first-order valence-corrected chi connectivity index (χ1v) is 7.39. The van der Waals surface area contributed by atoms with Gasteiger partial charge in [-0.3, -0.25) is 4.79 Å². The first-order chi connectivity index (χ1) is 9.26. The first kappa shape index (κ1) is 17.1. The fourth-order valence-corrected chi connectivity index (χ4v) is 2.53. The summed E-state index contributed by atoms with van der Waals surface area (Å²) in [6.45, 7) is 6.19. The SMILES string of the molecule is CC(C)CC(C)(O)CNc1cnn(CCO)c(=O)c1Br. The Hall–Kier alpha value is -0.920. The molecule has 0 aromatic carbocycles. The summed E-state index contributed by atoms with van der Waals surface area (Å²) in [5.74, 6) is 0.380. The van der Waals surface area contributed by atoms with Crippen molar-refractivity contribution in [2.75, 3.05) is 18.5 Å². The lowest BCUT2D eigenvalue weighted by atomic mass is 9.94. The summed E-state index contributed by atoms with van der Waals surface area (Å²) in [5, 5.41) is 26.1. The molecule has 20 heavy (non-hydrogen) atoms. The molecule has 0 radical (unpaired) electrons. The van der Waals surface area contributed by atoms with E-state index in [4.69, 9.17) is 5.11 Å². The minimum absolute atomic E-state index is 0.144. The summed E-state index contributed by atoms with van der Waals surface area (Å²) in [6.07, 6.45) is 2.17. The number of nitrogens with zero attached hydrogens (tertiary/aromatic N) is 2. The van der Waals surface area contributed by atoms with E-state index < -0.39 is 5.60 Å². The predicted molar refractivity (Wildman–Crippen MR) is 81.9 cm³/mol. The summed E-state index contributed by atoms with van der Waals surface area (Å²) >= 11 is 3.22. The molecule has 0 bridgehead atoms. The highest BCUT2D eigenvalue weighted by atomic mass is 79.9. The standard InChI is InChI=1S/C13H22BrN3O3/c1-9(2)6-13(3,20)8-15-10-7-16-17(4-5-18)12(19)11(10)14/h7,9,15,18,20H,4-6,8H2,1-3H3. The van der Waals surface area contributed by atoms with Gasteiger partial charge in [-0.05, 0) is 35.2 Å². The van der Waals surface area contributed by atoms with Crippen LogP contribution in [0.25, 0.3) is 0 Å². The first-order valence-electron chi connectivity index (χ1n) is 6.59. The van der Waals surface area contributed by atoms with E-state index in [2.05, 4.69) is 26.3 Å². The third kappa shape index (κ3) is 4.88. The summed E-state index contributed by atoms with van der Waals surface area (Å²) in [6, 6.07) is 0. The molecule has 1 rings (SSSR count). The molecule has 114 valence electrons. The van der Waals surface area contributed by atoms with Gasteiger partial charge in [0.15, 0.2) is 0 Å². The monoisotopic (exact) mass is 347 g/mol. The molecule has 0 saturated carbocycles. The zero-order valence-electron chi connectivity index (χ0n) is 12.1. The van der Waals surface area contributed by atoms with Crippen molar-refractivity contribution in [1.29, 1.82) is 0 Å². The van der Waals surface area contributed by atoms with Crippen LogP contribution in [0.4, 0.5) is 5.69 Å². The van der Waals surface area contributed by atoms with Crippen molar-refractivity contribution in [3.63, 3.8) is 0 Å². The molecule has 3 N–H and O–H groups in total. The third-order valence-corrected chi connectivity index (χ3v) is 3.57. The Labute approximate surface area is 127 Å². The van der Waals surface area contributed by atoms with Crippen LogP contribution in [0, 0.1) is 5.92 Å². The maximum Gasteiger partial charge on any atom is 0.283 e. The van der Waals surface area contributed by atoms with Crippen molar-refractivity contribution in [2.24, 2.45) is 5.92 Å². The summed E-state index contributed by atoms with van der Waals surface area (Å²) in [7, 11) is 0. The molecule has 0 aliphatic carbocycles. The maximum absolute atomic E-state index is 11.9. The van der Waals surface area contributed by atoms with E-state index in [1.807, 2.05) is 13.8 Å². The number of aromatic nitrogens is 2. The van der Waals surface area contributed by atoms with Gasteiger partial charge >= 0.3 is 0 Å². The number of hydrogen-bond acceptors (Lipinski definition) is 5. The highest BCUT2D eigenvalue weighted by Crippen LogP contribution is 2.20. The van der Waals surface area contributed by atoms with Crippen molar-refractivity contribution in [3.8, 4) is 0 Å². The van der Waals surface area contributed by atoms with Gasteiger partial charge in [0.2, 0.25) is 0 Å². The van der Waals surface area contributed by atoms with E-state index in [9.17, 15) is 9.90 Å². The Morgan fingerprint density at radius 1 is 1.55 bits per heavy atom. The van der Waals surface area contributed by atoms with Crippen molar-refractivity contribution in [1.82, 2.24) is 9.78 Å². The van der Waals surface area contributed by atoms with E-state index in [1.165, 1.54) is 10.9 Å². The van der Waals surface area contributed by atoms with E-state index in [1.54, 1.807) is 6.92 Å². The largest absolute Gasteiger partial charge is 0.394 e. The van der Waals surface area contributed by atoms with E-state index in [0.717, 1.165) is 0 Å². The molecule has 0 fully saturated rings. The summed E-state index contributed by atoms with van der Waals surface area (Å²) in [4.78, 5) is 11.9. The quantitative estimate of drug-likeness (QED) is 0.689. The van der Waals surface area contributed by atoms with E-state index in [0.29, 0.717) is 29.0 Å². The van der Waals surface area contributed by atoms with Gasteiger partial charge in [-0.25, -0.2) is 4.68 Å². The second kappa shape index (κ2) is 7.19. The molecule has 1 aromatic heterocycles. The predicted octanol–water partition coefficient (Wildman–Crippen LogP) is 1.21. The fraction of sp³-hybridized carbons (Fsp3) is 0.692. The van der Waals surface area contributed by atoms with Crippen LogP contribution in [0.2, 0.25) is 0 Å². The molecule has 0 saturated heterocycles. The number of hydrogen-bond donors (Lipinski definition) is 3. The van der Waals surface area contributed by atoms with Crippen LogP contribution in [0.1, 0.15) is 27.2 Å². The van der Waals surface area contributed by atoms with Gasteiger partial charge < -0.3 is 15.5 Å². The minimum atomic E-state index is -0.854. The van der Waals surface area contributed by atoms with Gasteiger partial charge in [0.25, 0.3) is 5.56 Å². The van der Waals surface area contributed by atoms with Crippen LogP contribution in [0.5, 0.6) is 0 Å². The molecule has 1 unspecified atom stereocenters. The number of rotatable bonds is 7. The van der Waals surface area contributed by atoms with Crippen molar-refractivity contribution in [2.45, 2.75) is 39.3 Å². The lowest BCUT2D eigenvalue weighted by molar-refractivity contribution is 0.0515. The van der Waals surface area contributed by atoms with Crippen LogP contribution < -0.4 is 10.9 Å². The highest BCUT2D eigenvalue weighted by molar-refractivity contribution is 9.10. The molecule has 1 aromatic rings. The number of halogens is 1. The Balaban J connectivity index is 2.79. The summed E-state index contributed by atoms with van der Waals surface area (Å²) in [5.41, 5.74) is -0.631. The topological polar surface area (TPSA) is 87.4 Å². The van der Waals surface area contributed by atoms with Crippen LogP contribution >= 0.6 is 15.9 Å². The molecular formula is C13H22BrN3O3. The van der Waals surface area contributed by atoms with Gasteiger partial charge in [-0.15, -0.1) is 0 Å². The smallest absolute Gasteiger partial charge is 0.283 e. The number of anilines is 1. The van der Waals surface area contributed by atoms with Crippen molar-refractivity contribution < 1.29 is 10.2 Å². The van der Waals surface area contributed by atoms with E-state index >= 15 is 0 Å². The molecule has 7 heteroatoms. The van der Waals surface area contributed by atoms with Gasteiger partial charge in [-0.2, -0.15) is 5.10 Å². The van der Waals surface area contributed by atoms with Gasteiger partial charge in [-0.1, -0.05) is 13.8 Å². The minimum Gasteiger partial charge on any atom is -0.394 e.